The summed E-state index contributed by atoms with van der Waals surface area (Å²) in [6, 6.07) is 15.8. The summed E-state index contributed by atoms with van der Waals surface area (Å²) in [7, 11) is -3.44. The third-order valence-corrected chi connectivity index (χ3v) is 5.06. The summed E-state index contributed by atoms with van der Waals surface area (Å²) >= 11 is 0. The molecule has 6 nitrogen and oxygen atoms in total. The molecule has 0 fully saturated rings. The molecule has 7 heteroatoms. The van der Waals surface area contributed by atoms with Crippen LogP contribution in [0.1, 0.15) is 29.3 Å². The van der Waals surface area contributed by atoms with Gasteiger partial charge in [0.25, 0.3) is 0 Å². The monoisotopic (exact) mass is 374 g/mol. The molecule has 1 N–H and O–H groups in total. The highest BCUT2D eigenvalue weighted by molar-refractivity contribution is 7.88. The number of carbonyl (C=O) groups is 2. The minimum atomic E-state index is -3.44. The minimum Gasteiger partial charge on any atom is -0.326 e. The number of sulfonamides is 1. The molecule has 0 radical (unpaired) electrons. The van der Waals surface area contributed by atoms with Crippen molar-refractivity contribution in [3.05, 3.63) is 65.7 Å². The zero-order valence-corrected chi connectivity index (χ0v) is 15.6. The molecule has 0 unspecified atom stereocenters. The van der Waals surface area contributed by atoms with Crippen molar-refractivity contribution < 1.29 is 18.0 Å². The van der Waals surface area contributed by atoms with E-state index in [9.17, 15) is 18.0 Å². The Labute approximate surface area is 153 Å². The first-order valence-electron chi connectivity index (χ1n) is 8.15. The Morgan fingerprint density at radius 3 is 2.35 bits per heavy atom. The van der Waals surface area contributed by atoms with E-state index in [-0.39, 0.29) is 31.2 Å². The molecule has 0 aliphatic heterocycles. The molecular formula is C19H22N2O4S. The highest BCUT2D eigenvalue weighted by Crippen LogP contribution is 2.13. The zero-order valence-electron chi connectivity index (χ0n) is 14.8. The quantitative estimate of drug-likeness (QED) is 0.720. The fourth-order valence-electron chi connectivity index (χ4n) is 2.41. The fourth-order valence-corrected chi connectivity index (χ4v) is 3.22. The lowest BCUT2D eigenvalue weighted by atomic mass is 10.1. The normalized spacial score (nSPS) is 11.3. The molecule has 1 amide bonds. The molecule has 0 aliphatic rings. The summed E-state index contributed by atoms with van der Waals surface area (Å²) in [4.78, 5) is 23.6. The van der Waals surface area contributed by atoms with Gasteiger partial charge in [-0.15, -0.1) is 0 Å². The maximum Gasteiger partial charge on any atom is 0.225 e. The number of benzene rings is 2. The van der Waals surface area contributed by atoms with Crippen molar-refractivity contribution in [3.63, 3.8) is 0 Å². The number of ketones is 1. The molecule has 0 saturated carbocycles. The third kappa shape index (κ3) is 6.09. The van der Waals surface area contributed by atoms with E-state index in [2.05, 4.69) is 5.32 Å². The van der Waals surface area contributed by atoms with Crippen LogP contribution >= 0.6 is 0 Å². The Morgan fingerprint density at radius 1 is 1.04 bits per heavy atom. The van der Waals surface area contributed by atoms with Crippen LogP contribution in [0.25, 0.3) is 0 Å². The van der Waals surface area contributed by atoms with Crippen LogP contribution in [-0.4, -0.2) is 37.2 Å². The average Bonchev–Trinajstić information content (AvgIpc) is 2.58. The van der Waals surface area contributed by atoms with Gasteiger partial charge in [-0.25, -0.2) is 8.42 Å². The second kappa shape index (κ2) is 8.73. The summed E-state index contributed by atoms with van der Waals surface area (Å²) in [5.74, 6) is -0.403. The number of nitrogens with zero attached hydrogens (tertiary/aromatic N) is 1. The SMILES string of the molecule is CC(=O)c1cccc(NC(=O)CCN(Cc2ccccc2)S(C)(=O)=O)c1. The van der Waals surface area contributed by atoms with Crippen LogP contribution in [0.5, 0.6) is 0 Å². The Bertz CT molecular complexity index is 879. The van der Waals surface area contributed by atoms with Gasteiger partial charge in [0, 0.05) is 30.8 Å². The van der Waals surface area contributed by atoms with E-state index in [1.54, 1.807) is 24.3 Å². The molecular weight excluding hydrogens is 352 g/mol. The van der Waals surface area contributed by atoms with Crippen molar-refractivity contribution in [3.8, 4) is 0 Å². The van der Waals surface area contributed by atoms with Gasteiger partial charge in [0.1, 0.15) is 0 Å². The predicted octanol–water partition coefficient (Wildman–Crippen LogP) is 2.68. The molecule has 138 valence electrons. The molecule has 2 aromatic carbocycles. The van der Waals surface area contributed by atoms with Crippen molar-refractivity contribution in [2.75, 3.05) is 18.1 Å². The number of anilines is 1. The van der Waals surface area contributed by atoms with Gasteiger partial charge < -0.3 is 5.32 Å². The third-order valence-electron chi connectivity index (χ3n) is 3.81. The number of amides is 1. The van der Waals surface area contributed by atoms with E-state index >= 15 is 0 Å². The molecule has 0 spiro atoms. The number of hydrogen-bond acceptors (Lipinski definition) is 4. The van der Waals surface area contributed by atoms with Crippen molar-refractivity contribution in [1.82, 2.24) is 4.31 Å². The Morgan fingerprint density at radius 2 is 1.73 bits per heavy atom. The van der Waals surface area contributed by atoms with Crippen molar-refractivity contribution in [2.24, 2.45) is 0 Å². The van der Waals surface area contributed by atoms with Crippen molar-refractivity contribution in [1.29, 1.82) is 0 Å². The summed E-state index contributed by atoms with van der Waals surface area (Å²) in [6.45, 7) is 1.74. The maximum absolute atomic E-state index is 12.2. The van der Waals surface area contributed by atoms with Crippen LogP contribution in [-0.2, 0) is 21.4 Å². The predicted molar refractivity (Wildman–Crippen MR) is 101 cm³/mol. The summed E-state index contributed by atoms with van der Waals surface area (Å²) < 4.78 is 25.2. The van der Waals surface area contributed by atoms with Crippen LogP contribution in [0, 0.1) is 0 Å². The van der Waals surface area contributed by atoms with Gasteiger partial charge in [-0.3, -0.25) is 9.59 Å². The number of carbonyl (C=O) groups excluding carboxylic acids is 2. The molecule has 0 aromatic heterocycles. The van der Waals surface area contributed by atoms with Crippen molar-refractivity contribution >= 4 is 27.4 Å². The standard InChI is InChI=1S/C19H22N2O4S/c1-15(22)17-9-6-10-18(13-17)20-19(23)11-12-21(26(2,24)25)14-16-7-4-3-5-8-16/h3-10,13H,11-12,14H2,1-2H3,(H,20,23). The second-order valence-corrected chi connectivity index (χ2v) is 8.00. The molecule has 0 saturated heterocycles. The fraction of sp³-hybridized carbons (Fsp3) is 0.263. The Kier molecular flexibility index (Phi) is 6.65. The first-order chi connectivity index (χ1) is 12.3. The summed E-state index contributed by atoms with van der Waals surface area (Å²) in [6.07, 6.45) is 1.15. The van der Waals surface area contributed by atoms with Crippen LogP contribution in [0.3, 0.4) is 0 Å². The lowest BCUT2D eigenvalue weighted by molar-refractivity contribution is -0.116. The first kappa shape index (κ1) is 19.8. The second-order valence-electron chi connectivity index (χ2n) is 6.02. The lowest BCUT2D eigenvalue weighted by Crippen LogP contribution is -2.32. The summed E-state index contributed by atoms with van der Waals surface area (Å²) in [5, 5.41) is 2.70. The van der Waals surface area contributed by atoms with Crippen LogP contribution in [0.4, 0.5) is 5.69 Å². The molecule has 26 heavy (non-hydrogen) atoms. The molecule has 0 heterocycles. The van der Waals surface area contributed by atoms with Gasteiger partial charge in [0.15, 0.2) is 5.78 Å². The maximum atomic E-state index is 12.2. The van der Waals surface area contributed by atoms with Gasteiger partial charge in [-0.05, 0) is 24.6 Å². The van der Waals surface area contributed by atoms with Gasteiger partial charge in [-0.2, -0.15) is 4.31 Å². The van der Waals surface area contributed by atoms with Gasteiger partial charge >= 0.3 is 0 Å². The van der Waals surface area contributed by atoms with E-state index in [1.807, 2.05) is 30.3 Å². The van der Waals surface area contributed by atoms with E-state index in [4.69, 9.17) is 0 Å². The number of nitrogens with one attached hydrogen (secondary N) is 1. The zero-order chi connectivity index (χ0) is 19.2. The minimum absolute atomic E-state index is 0.0181. The number of rotatable bonds is 8. The Hall–Kier alpha value is -2.51. The highest BCUT2D eigenvalue weighted by atomic mass is 32.2. The topological polar surface area (TPSA) is 83.6 Å². The molecule has 0 aliphatic carbocycles. The van der Waals surface area contributed by atoms with Crippen LogP contribution in [0.2, 0.25) is 0 Å². The smallest absolute Gasteiger partial charge is 0.225 e. The van der Waals surface area contributed by atoms with E-state index in [1.165, 1.54) is 11.2 Å². The van der Waals surface area contributed by atoms with Gasteiger partial charge in [-0.1, -0.05) is 42.5 Å². The number of Topliss-reactive ketones (excluding diaryl/α,β-unsaturated/α-hetero) is 1. The van der Waals surface area contributed by atoms with Gasteiger partial charge in [0.2, 0.25) is 15.9 Å². The van der Waals surface area contributed by atoms with Crippen molar-refractivity contribution in [2.45, 2.75) is 19.9 Å². The lowest BCUT2D eigenvalue weighted by Gasteiger charge is -2.19. The van der Waals surface area contributed by atoms with E-state index < -0.39 is 10.0 Å². The molecule has 0 atom stereocenters. The molecule has 2 rings (SSSR count). The number of hydrogen-bond donors (Lipinski definition) is 1. The first-order valence-corrected chi connectivity index (χ1v) is 10.0. The van der Waals surface area contributed by atoms with Crippen LogP contribution < -0.4 is 5.32 Å². The van der Waals surface area contributed by atoms with Crippen LogP contribution in [0.15, 0.2) is 54.6 Å². The van der Waals surface area contributed by atoms with Gasteiger partial charge in [0.05, 0.1) is 6.26 Å². The largest absolute Gasteiger partial charge is 0.326 e. The molecule has 2 aromatic rings. The summed E-state index contributed by atoms with van der Waals surface area (Å²) in [5.41, 5.74) is 1.87. The molecule has 0 bridgehead atoms. The average molecular weight is 374 g/mol. The van der Waals surface area contributed by atoms with E-state index in [0.717, 1.165) is 11.8 Å². The Balaban J connectivity index is 1.98. The highest BCUT2D eigenvalue weighted by Gasteiger charge is 2.18. The van der Waals surface area contributed by atoms with E-state index in [0.29, 0.717) is 11.3 Å².